The lowest BCUT2D eigenvalue weighted by molar-refractivity contribution is 0.00537. The Balaban J connectivity index is 1.72. The molecule has 4 atom stereocenters. The summed E-state index contributed by atoms with van der Waals surface area (Å²) in [6.45, 7) is 0.783. The standard InChI is InChI=1S/C13H17N3O3/c1-18-13(17)9-6-7(2-4-15-9)16-11-10(14)8-3-5-19-12(8)11/h2,4,6,8,10-12H,3,5,14H2,1H3,(H,15,16). The van der Waals surface area contributed by atoms with Crippen molar-refractivity contribution < 1.29 is 14.3 Å². The fourth-order valence-electron chi connectivity index (χ4n) is 2.86. The molecule has 1 aliphatic carbocycles. The van der Waals surface area contributed by atoms with Crippen LogP contribution in [0.3, 0.4) is 0 Å². The Morgan fingerprint density at radius 1 is 1.63 bits per heavy atom. The third-order valence-corrected chi connectivity index (χ3v) is 3.93. The fourth-order valence-corrected chi connectivity index (χ4v) is 2.86. The molecule has 0 radical (unpaired) electrons. The number of nitrogens with one attached hydrogen (secondary N) is 1. The lowest BCUT2D eigenvalue weighted by atomic mass is 9.72. The molecule has 3 N–H and O–H groups in total. The quantitative estimate of drug-likeness (QED) is 0.767. The van der Waals surface area contributed by atoms with E-state index in [0.29, 0.717) is 5.92 Å². The van der Waals surface area contributed by atoms with Crippen LogP contribution in [0.2, 0.25) is 0 Å². The van der Waals surface area contributed by atoms with E-state index in [2.05, 4.69) is 15.0 Å². The molecule has 1 aromatic rings. The van der Waals surface area contributed by atoms with Gasteiger partial charge >= 0.3 is 5.97 Å². The van der Waals surface area contributed by atoms with Gasteiger partial charge in [-0.25, -0.2) is 9.78 Å². The monoisotopic (exact) mass is 263 g/mol. The van der Waals surface area contributed by atoms with Gasteiger partial charge in [0.25, 0.3) is 0 Å². The Bertz CT molecular complexity index is 494. The molecule has 0 bridgehead atoms. The number of hydrogen-bond acceptors (Lipinski definition) is 6. The van der Waals surface area contributed by atoms with Gasteiger partial charge < -0.3 is 20.5 Å². The van der Waals surface area contributed by atoms with Crippen LogP contribution in [0, 0.1) is 5.92 Å². The van der Waals surface area contributed by atoms with Crippen molar-refractivity contribution in [2.45, 2.75) is 24.6 Å². The molecule has 6 heteroatoms. The fraction of sp³-hybridized carbons (Fsp3) is 0.538. The largest absolute Gasteiger partial charge is 0.464 e. The van der Waals surface area contributed by atoms with Gasteiger partial charge in [-0.05, 0) is 18.6 Å². The van der Waals surface area contributed by atoms with E-state index in [1.54, 1.807) is 18.3 Å². The molecule has 1 saturated carbocycles. The number of pyridine rings is 1. The molecular formula is C13H17N3O3. The number of esters is 1. The van der Waals surface area contributed by atoms with Crippen LogP contribution in [-0.4, -0.2) is 42.9 Å². The first-order valence-electron chi connectivity index (χ1n) is 6.39. The predicted molar refractivity (Wildman–Crippen MR) is 68.8 cm³/mol. The van der Waals surface area contributed by atoms with Crippen molar-refractivity contribution in [3.05, 3.63) is 24.0 Å². The van der Waals surface area contributed by atoms with Crippen molar-refractivity contribution in [3.8, 4) is 0 Å². The van der Waals surface area contributed by atoms with Gasteiger partial charge in [0, 0.05) is 30.5 Å². The number of carbonyl (C=O) groups is 1. The zero-order valence-corrected chi connectivity index (χ0v) is 10.7. The SMILES string of the molecule is COC(=O)c1cc(NC2C(N)C3CCOC32)ccn1. The van der Waals surface area contributed by atoms with E-state index in [0.717, 1.165) is 18.7 Å². The summed E-state index contributed by atoms with van der Waals surface area (Å²) < 4.78 is 10.3. The second-order valence-electron chi connectivity index (χ2n) is 4.96. The number of methoxy groups -OCH3 is 1. The Morgan fingerprint density at radius 2 is 2.47 bits per heavy atom. The van der Waals surface area contributed by atoms with Crippen LogP contribution in [-0.2, 0) is 9.47 Å². The van der Waals surface area contributed by atoms with E-state index in [9.17, 15) is 4.79 Å². The van der Waals surface area contributed by atoms with Crippen LogP contribution in [0.25, 0.3) is 0 Å². The number of nitrogens with two attached hydrogens (primary N) is 1. The summed E-state index contributed by atoms with van der Waals surface area (Å²) >= 11 is 0. The lowest BCUT2D eigenvalue weighted by Crippen LogP contribution is -2.65. The Morgan fingerprint density at radius 3 is 3.26 bits per heavy atom. The van der Waals surface area contributed by atoms with E-state index in [4.69, 9.17) is 10.5 Å². The van der Waals surface area contributed by atoms with Crippen LogP contribution >= 0.6 is 0 Å². The number of anilines is 1. The first-order chi connectivity index (χ1) is 9.20. The van der Waals surface area contributed by atoms with Gasteiger partial charge in [0.1, 0.15) is 5.69 Å². The van der Waals surface area contributed by atoms with Crippen LogP contribution in [0.4, 0.5) is 5.69 Å². The van der Waals surface area contributed by atoms with Crippen LogP contribution in [0.5, 0.6) is 0 Å². The van der Waals surface area contributed by atoms with Crippen LogP contribution < -0.4 is 11.1 Å². The van der Waals surface area contributed by atoms with Crippen LogP contribution in [0.15, 0.2) is 18.3 Å². The van der Waals surface area contributed by atoms with Crippen LogP contribution in [0.1, 0.15) is 16.9 Å². The molecule has 4 unspecified atom stereocenters. The average Bonchev–Trinajstić information content (AvgIpc) is 2.89. The second-order valence-corrected chi connectivity index (χ2v) is 4.96. The highest BCUT2D eigenvalue weighted by atomic mass is 16.5. The summed E-state index contributed by atoms with van der Waals surface area (Å²) in [5, 5.41) is 3.32. The van der Waals surface area contributed by atoms with Crippen molar-refractivity contribution in [2.24, 2.45) is 11.7 Å². The van der Waals surface area contributed by atoms with Crippen molar-refractivity contribution in [1.29, 1.82) is 0 Å². The summed E-state index contributed by atoms with van der Waals surface area (Å²) in [6.07, 6.45) is 2.80. The number of ether oxygens (including phenoxy) is 2. The molecule has 102 valence electrons. The number of fused-ring (bicyclic) bond motifs is 1. The Labute approximate surface area is 111 Å². The third kappa shape index (κ3) is 2.06. The summed E-state index contributed by atoms with van der Waals surface area (Å²) in [6, 6.07) is 3.67. The first-order valence-corrected chi connectivity index (χ1v) is 6.39. The van der Waals surface area contributed by atoms with E-state index in [1.807, 2.05) is 0 Å². The first kappa shape index (κ1) is 12.4. The molecule has 19 heavy (non-hydrogen) atoms. The van der Waals surface area contributed by atoms with Gasteiger partial charge in [-0.2, -0.15) is 0 Å². The minimum Gasteiger partial charge on any atom is -0.464 e. The number of rotatable bonds is 3. The number of nitrogens with zero attached hydrogens (tertiary/aromatic N) is 1. The normalized spacial score (nSPS) is 32.3. The summed E-state index contributed by atoms with van der Waals surface area (Å²) in [5.74, 6) is 0.0102. The number of aromatic nitrogens is 1. The van der Waals surface area contributed by atoms with Crippen molar-refractivity contribution >= 4 is 11.7 Å². The Hall–Kier alpha value is -1.66. The third-order valence-electron chi connectivity index (χ3n) is 3.93. The van der Waals surface area contributed by atoms with Gasteiger partial charge in [-0.1, -0.05) is 0 Å². The van der Waals surface area contributed by atoms with Gasteiger partial charge in [-0.3, -0.25) is 0 Å². The molecular weight excluding hydrogens is 246 g/mol. The van der Waals surface area contributed by atoms with E-state index in [-0.39, 0.29) is 23.9 Å². The average molecular weight is 263 g/mol. The predicted octanol–water partition coefficient (Wildman–Crippen LogP) is 0.395. The minimum atomic E-state index is -0.448. The number of hydrogen-bond donors (Lipinski definition) is 2. The van der Waals surface area contributed by atoms with Gasteiger partial charge in [0.2, 0.25) is 0 Å². The summed E-state index contributed by atoms with van der Waals surface area (Å²) in [7, 11) is 1.34. The maximum Gasteiger partial charge on any atom is 0.356 e. The van der Waals surface area contributed by atoms with Crippen molar-refractivity contribution in [3.63, 3.8) is 0 Å². The highest BCUT2D eigenvalue weighted by molar-refractivity contribution is 5.88. The summed E-state index contributed by atoms with van der Waals surface area (Å²) in [5.41, 5.74) is 7.22. The molecule has 0 aromatic carbocycles. The molecule has 2 fully saturated rings. The van der Waals surface area contributed by atoms with E-state index >= 15 is 0 Å². The Kier molecular flexibility index (Phi) is 3.12. The molecule has 0 amide bonds. The molecule has 6 nitrogen and oxygen atoms in total. The second kappa shape index (κ2) is 4.79. The van der Waals surface area contributed by atoms with Gasteiger partial charge in [0.15, 0.2) is 0 Å². The highest BCUT2D eigenvalue weighted by Gasteiger charge is 2.52. The van der Waals surface area contributed by atoms with E-state index < -0.39 is 5.97 Å². The molecule has 1 aromatic heterocycles. The maximum absolute atomic E-state index is 11.4. The van der Waals surface area contributed by atoms with Gasteiger partial charge in [0.05, 0.1) is 19.3 Å². The van der Waals surface area contributed by atoms with Crippen molar-refractivity contribution in [1.82, 2.24) is 4.98 Å². The molecule has 1 saturated heterocycles. The topological polar surface area (TPSA) is 86.5 Å². The number of carbonyl (C=O) groups excluding carboxylic acids is 1. The zero-order valence-electron chi connectivity index (χ0n) is 10.7. The minimum absolute atomic E-state index is 0.0976. The summed E-state index contributed by atoms with van der Waals surface area (Å²) in [4.78, 5) is 15.4. The molecule has 2 heterocycles. The molecule has 0 spiro atoms. The smallest absolute Gasteiger partial charge is 0.356 e. The van der Waals surface area contributed by atoms with Crippen molar-refractivity contribution in [2.75, 3.05) is 19.0 Å². The molecule has 2 aliphatic rings. The maximum atomic E-state index is 11.4. The zero-order chi connectivity index (χ0) is 13.4. The lowest BCUT2D eigenvalue weighted by Gasteiger charge is -2.46. The van der Waals surface area contributed by atoms with E-state index in [1.165, 1.54) is 7.11 Å². The highest BCUT2D eigenvalue weighted by Crippen LogP contribution is 2.39. The van der Waals surface area contributed by atoms with Gasteiger partial charge in [-0.15, -0.1) is 0 Å². The molecule has 1 aliphatic heterocycles. The molecule has 3 rings (SSSR count).